The van der Waals surface area contributed by atoms with Gasteiger partial charge in [0.2, 0.25) is 0 Å². The van der Waals surface area contributed by atoms with Crippen molar-refractivity contribution in [3.05, 3.63) is 193 Å². The molecule has 4 heteroatoms. The van der Waals surface area contributed by atoms with Crippen molar-refractivity contribution in [3.8, 4) is 0 Å². The van der Waals surface area contributed by atoms with Gasteiger partial charge < -0.3 is 18.6 Å². The predicted octanol–water partition coefficient (Wildman–Crippen LogP) is 16.9. The Kier molecular flexibility index (Phi) is 6.94. The van der Waals surface area contributed by atoms with E-state index in [0.29, 0.717) is 12.1 Å². The maximum absolute atomic E-state index is 8.48. The quantitative estimate of drug-likeness (QED) is 0.157. The Morgan fingerprint density at radius 2 is 1.00 bits per heavy atom. The van der Waals surface area contributed by atoms with E-state index < -0.39 is 0 Å². The lowest BCUT2D eigenvalue weighted by Crippen LogP contribution is -2.24. The van der Waals surface area contributed by atoms with E-state index in [0.717, 1.165) is 96.2 Å². The van der Waals surface area contributed by atoms with Gasteiger partial charge in [-0.25, -0.2) is 0 Å². The van der Waals surface area contributed by atoms with E-state index in [1.165, 1.54) is 43.6 Å². The summed E-state index contributed by atoms with van der Waals surface area (Å²) < 4.78 is 30.5. The molecule has 0 bridgehead atoms. The molecule has 0 spiro atoms. The van der Waals surface area contributed by atoms with Crippen LogP contribution in [0.4, 0.5) is 34.1 Å². The molecule has 0 unspecified atom stereocenters. The molecule has 10 aromatic carbocycles. The fourth-order valence-electron chi connectivity index (χ4n) is 10.7. The van der Waals surface area contributed by atoms with Gasteiger partial charge in [-0.05, 0) is 125 Å². The number of hydrogen-bond acceptors (Lipinski definition) is 4. The van der Waals surface area contributed by atoms with Crippen LogP contribution in [0.5, 0.6) is 0 Å². The zero-order valence-corrected chi connectivity index (χ0v) is 34.7. The van der Waals surface area contributed by atoms with Gasteiger partial charge in [-0.1, -0.05) is 123 Å². The summed E-state index contributed by atoms with van der Waals surface area (Å²) in [6.45, 7) is 7.03. The molecule has 0 fully saturated rings. The first-order valence-electron chi connectivity index (χ1n) is 22.5. The van der Waals surface area contributed by atoms with E-state index in [1.807, 2.05) is 48.5 Å². The van der Waals surface area contributed by atoms with Gasteiger partial charge in [0.05, 0.1) is 25.5 Å². The molecule has 296 valence electrons. The van der Waals surface area contributed by atoms with Crippen molar-refractivity contribution >= 4 is 110 Å². The van der Waals surface area contributed by atoms with Crippen molar-refractivity contribution in [1.29, 1.82) is 0 Å². The molecular formula is C58H42N2O2. The van der Waals surface area contributed by atoms with Gasteiger partial charge in [-0.15, -0.1) is 0 Å². The number of para-hydroxylation sites is 6. The Balaban J connectivity index is 1.16. The molecule has 62 heavy (non-hydrogen) atoms. The highest BCUT2D eigenvalue weighted by molar-refractivity contribution is 6.31. The number of aryl methyl sites for hydroxylation is 2. The third kappa shape index (κ3) is 4.95. The standard InChI is InChI=1S/C58H42N2O2/c1-35-32-49(59(37-16-6-4-7-17-37)47-24-14-22-42-40-20-10-12-26-51(40)61-56(42)47)45-34-46-53-36(30-31-58(46,2)3)33-50(44-29-28-39(35)54(45)55(44)53)60(38-18-8-5-9-19-38)48-25-15-23-43-41-21-11-13-27-52(41)62-57(43)48/h4-29,32-34H,30-31H2,1-3H3/i4D,5D. The van der Waals surface area contributed by atoms with E-state index in [-0.39, 0.29) is 5.41 Å². The van der Waals surface area contributed by atoms with Gasteiger partial charge in [0.1, 0.15) is 11.2 Å². The van der Waals surface area contributed by atoms with Crippen LogP contribution < -0.4 is 9.80 Å². The highest BCUT2D eigenvalue weighted by Gasteiger charge is 2.34. The average Bonchev–Trinajstić information content (AvgIpc) is 3.89. The minimum Gasteiger partial charge on any atom is -0.454 e. The third-order valence-corrected chi connectivity index (χ3v) is 13.6. The van der Waals surface area contributed by atoms with Crippen molar-refractivity contribution in [2.75, 3.05) is 9.80 Å². The second kappa shape index (κ2) is 13.0. The summed E-state index contributed by atoms with van der Waals surface area (Å²) >= 11 is 0. The Bertz CT molecular complexity index is 3860. The first kappa shape index (κ1) is 33.2. The molecule has 0 saturated carbocycles. The minimum absolute atomic E-state index is 0.0938. The fourth-order valence-corrected chi connectivity index (χ4v) is 10.7. The number of anilines is 6. The molecule has 0 aliphatic heterocycles. The maximum Gasteiger partial charge on any atom is 0.159 e. The van der Waals surface area contributed by atoms with Crippen molar-refractivity contribution in [2.24, 2.45) is 0 Å². The average molecular weight is 801 g/mol. The zero-order valence-electron chi connectivity index (χ0n) is 36.7. The molecule has 0 amide bonds. The smallest absolute Gasteiger partial charge is 0.159 e. The van der Waals surface area contributed by atoms with Crippen LogP contribution >= 0.6 is 0 Å². The second-order valence-corrected chi connectivity index (χ2v) is 17.6. The molecule has 13 rings (SSSR count). The molecule has 1 aliphatic carbocycles. The van der Waals surface area contributed by atoms with Crippen LogP contribution in [0.25, 0.3) is 76.2 Å². The molecule has 1 aliphatic rings. The number of furan rings is 2. The van der Waals surface area contributed by atoms with Gasteiger partial charge in [0.15, 0.2) is 11.2 Å². The SMILES string of the molecule is [2H]c1ccc(N(c2cc(C)c3ccc4c(N(c5ccc([2H])cc5)c5cccc6c5oc5ccccc56)cc5c6c(cc2c3c46)C(C)(C)CC5)c2cccc3c2oc2ccccc23)cc1. The Morgan fingerprint density at radius 1 is 0.468 bits per heavy atom. The summed E-state index contributed by atoms with van der Waals surface area (Å²) in [6.07, 6.45) is 1.95. The summed E-state index contributed by atoms with van der Waals surface area (Å²) in [6, 6.07) is 58.0. The van der Waals surface area contributed by atoms with Crippen LogP contribution in [0.3, 0.4) is 0 Å². The van der Waals surface area contributed by atoms with Crippen molar-refractivity contribution in [2.45, 2.75) is 39.0 Å². The Hall–Kier alpha value is -7.56. The highest BCUT2D eigenvalue weighted by Crippen LogP contribution is 2.55. The lowest BCUT2D eigenvalue weighted by molar-refractivity contribution is 0.475. The summed E-state index contributed by atoms with van der Waals surface area (Å²) in [5.41, 5.74) is 13.1. The van der Waals surface area contributed by atoms with E-state index >= 15 is 0 Å². The van der Waals surface area contributed by atoms with E-state index in [2.05, 4.69) is 146 Å². The number of rotatable bonds is 6. The van der Waals surface area contributed by atoms with Gasteiger partial charge in [-0.2, -0.15) is 0 Å². The molecule has 0 atom stereocenters. The molecule has 0 saturated heterocycles. The van der Waals surface area contributed by atoms with Crippen LogP contribution in [0, 0.1) is 6.92 Å². The summed E-state index contributed by atoms with van der Waals surface area (Å²) in [5.74, 6) is 0. The predicted molar refractivity (Wildman–Crippen MR) is 260 cm³/mol. The normalized spacial score (nSPS) is 14.2. The van der Waals surface area contributed by atoms with E-state index in [9.17, 15) is 0 Å². The molecule has 4 nitrogen and oxygen atoms in total. The van der Waals surface area contributed by atoms with Crippen LogP contribution in [-0.2, 0) is 11.8 Å². The Labute approximate surface area is 362 Å². The van der Waals surface area contributed by atoms with Crippen LogP contribution in [0.15, 0.2) is 185 Å². The van der Waals surface area contributed by atoms with Gasteiger partial charge in [0.25, 0.3) is 0 Å². The first-order valence-corrected chi connectivity index (χ1v) is 21.5. The van der Waals surface area contributed by atoms with Gasteiger partial charge >= 0.3 is 0 Å². The summed E-state index contributed by atoms with van der Waals surface area (Å²) in [7, 11) is 0. The zero-order chi connectivity index (χ0) is 43.0. The summed E-state index contributed by atoms with van der Waals surface area (Å²) in [5, 5.41) is 11.7. The molecule has 0 radical (unpaired) electrons. The molecular weight excluding hydrogens is 757 g/mol. The van der Waals surface area contributed by atoms with Gasteiger partial charge in [-0.3, -0.25) is 0 Å². The lowest BCUT2D eigenvalue weighted by Gasteiger charge is -2.37. The van der Waals surface area contributed by atoms with Crippen molar-refractivity contribution < 1.29 is 11.6 Å². The van der Waals surface area contributed by atoms with E-state index in [4.69, 9.17) is 11.6 Å². The summed E-state index contributed by atoms with van der Waals surface area (Å²) in [4.78, 5) is 4.71. The fraction of sp³-hybridized carbons (Fsp3) is 0.103. The van der Waals surface area contributed by atoms with Crippen molar-refractivity contribution in [3.63, 3.8) is 0 Å². The van der Waals surface area contributed by atoms with Crippen LogP contribution in [0.2, 0.25) is 0 Å². The molecule has 0 N–H and O–H groups in total. The second-order valence-electron chi connectivity index (χ2n) is 17.6. The number of hydrogen-bond donors (Lipinski definition) is 0. The van der Waals surface area contributed by atoms with Crippen LogP contribution in [-0.4, -0.2) is 0 Å². The third-order valence-electron chi connectivity index (χ3n) is 13.6. The lowest BCUT2D eigenvalue weighted by atomic mass is 9.70. The maximum atomic E-state index is 8.48. The topological polar surface area (TPSA) is 32.8 Å². The minimum atomic E-state index is -0.0938. The molecule has 2 heterocycles. The highest BCUT2D eigenvalue weighted by atomic mass is 16.3. The largest absolute Gasteiger partial charge is 0.454 e. The first-order chi connectivity index (χ1) is 31.2. The Morgan fingerprint density at radius 3 is 1.60 bits per heavy atom. The van der Waals surface area contributed by atoms with Crippen LogP contribution in [0.1, 0.15) is 39.7 Å². The monoisotopic (exact) mass is 800 g/mol. The molecule has 2 aromatic heterocycles. The number of fused-ring (bicyclic) bond motifs is 6. The molecule has 12 aromatic rings. The van der Waals surface area contributed by atoms with E-state index in [1.54, 1.807) is 0 Å². The number of benzene rings is 10. The van der Waals surface area contributed by atoms with Gasteiger partial charge in [0, 0.05) is 49.1 Å². The van der Waals surface area contributed by atoms with Crippen molar-refractivity contribution in [1.82, 2.24) is 0 Å². The number of nitrogens with zero attached hydrogens (tertiary/aromatic N) is 2.